The van der Waals surface area contributed by atoms with Crippen molar-refractivity contribution in [1.29, 1.82) is 0 Å². The largest absolute Gasteiger partial charge is 0.375 e. The van der Waals surface area contributed by atoms with Crippen molar-refractivity contribution in [3.8, 4) is 0 Å². The van der Waals surface area contributed by atoms with Crippen LogP contribution in [0.15, 0.2) is 16.8 Å². The monoisotopic (exact) mass is 227 g/mol. The first-order valence-corrected chi connectivity index (χ1v) is 6.00. The second-order valence-corrected chi connectivity index (χ2v) is 4.16. The Kier molecular flexibility index (Phi) is 5.36. The SMILES string of the molecule is CCCN(Cc1ccsc1)C(=O)COC. The van der Waals surface area contributed by atoms with Gasteiger partial charge in [-0.2, -0.15) is 11.3 Å². The van der Waals surface area contributed by atoms with Gasteiger partial charge in [-0.1, -0.05) is 6.92 Å². The second kappa shape index (κ2) is 6.58. The van der Waals surface area contributed by atoms with Gasteiger partial charge in [0.15, 0.2) is 0 Å². The number of carbonyl (C=O) groups excluding carboxylic acids is 1. The number of rotatable bonds is 6. The molecule has 1 heterocycles. The van der Waals surface area contributed by atoms with Gasteiger partial charge in [-0.3, -0.25) is 4.79 Å². The average molecular weight is 227 g/mol. The van der Waals surface area contributed by atoms with Gasteiger partial charge < -0.3 is 9.64 Å². The molecule has 0 aliphatic rings. The number of carbonyl (C=O) groups is 1. The molecule has 1 aromatic heterocycles. The Labute approximate surface area is 94.7 Å². The van der Waals surface area contributed by atoms with Crippen LogP contribution < -0.4 is 0 Å². The highest BCUT2D eigenvalue weighted by atomic mass is 32.1. The molecule has 0 N–H and O–H groups in total. The van der Waals surface area contributed by atoms with Crippen LogP contribution in [0.2, 0.25) is 0 Å². The maximum absolute atomic E-state index is 11.7. The molecule has 1 rings (SSSR count). The maximum atomic E-state index is 11.7. The minimum Gasteiger partial charge on any atom is -0.375 e. The van der Waals surface area contributed by atoms with Gasteiger partial charge in [-0.25, -0.2) is 0 Å². The Morgan fingerprint density at radius 1 is 1.60 bits per heavy atom. The number of hydrogen-bond donors (Lipinski definition) is 0. The molecule has 84 valence electrons. The van der Waals surface area contributed by atoms with Crippen LogP contribution in [0.5, 0.6) is 0 Å². The van der Waals surface area contributed by atoms with E-state index in [1.165, 1.54) is 5.56 Å². The van der Waals surface area contributed by atoms with Crippen LogP contribution in [0, 0.1) is 0 Å². The van der Waals surface area contributed by atoms with Crippen LogP contribution in [0.4, 0.5) is 0 Å². The van der Waals surface area contributed by atoms with Gasteiger partial charge >= 0.3 is 0 Å². The first-order chi connectivity index (χ1) is 7.27. The summed E-state index contributed by atoms with van der Waals surface area (Å²) in [6, 6.07) is 2.05. The summed E-state index contributed by atoms with van der Waals surface area (Å²) in [6.07, 6.45) is 0.972. The predicted molar refractivity (Wildman–Crippen MR) is 61.9 cm³/mol. The zero-order valence-corrected chi connectivity index (χ0v) is 10.0. The lowest BCUT2D eigenvalue weighted by molar-refractivity contribution is -0.135. The molecule has 0 aliphatic heterocycles. The van der Waals surface area contributed by atoms with Crippen molar-refractivity contribution in [2.45, 2.75) is 19.9 Å². The molecule has 3 nitrogen and oxygen atoms in total. The van der Waals surface area contributed by atoms with Crippen molar-refractivity contribution in [3.05, 3.63) is 22.4 Å². The molecule has 0 fully saturated rings. The van der Waals surface area contributed by atoms with Gasteiger partial charge in [0.1, 0.15) is 6.61 Å². The van der Waals surface area contributed by atoms with Crippen LogP contribution in [-0.2, 0) is 16.1 Å². The fraction of sp³-hybridized carbons (Fsp3) is 0.545. The molecule has 0 aromatic carbocycles. The lowest BCUT2D eigenvalue weighted by Gasteiger charge is -2.21. The summed E-state index contributed by atoms with van der Waals surface area (Å²) < 4.78 is 4.86. The van der Waals surface area contributed by atoms with Crippen molar-refractivity contribution >= 4 is 17.2 Å². The van der Waals surface area contributed by atoms with Gasteiger partial charge in [0.05, 0.1) is 0 Å². The zero-order chi connectivity index (χ0) is 11.1. The third-order valence-electron chi connectivity index (χ3n) is 2.07. The van der Waals surface area contributed by atoms with Crippen LogP contribution in [0.3, 0.4) is 0 Å². The van der Waals surface area contributed by atoms with Crippen LogP contribution in [0.25, 0.3) is 0 Å². The van der Waals surface area contributed by atoms with Crippen LogP contribution in [-0.4, -0.2) is 31.1 Å². The van der Waals surface area contributed by atoms with E-state index in [1.807, 2.05) is 16.3 Å². The molecule has 0 saturated heterocycles. The summed E-state index contributed by atoms with van der Waals surface area (Å²) in [5, 5.41) is 4.10. The van der Waals surface area contributed by atoms with Gasteiger partial charge in [0.25, 0.3) is 0 Å². The van der Waals surface area contributed by atoms with E-state index in [2.05, 4.69) is 12.3 Å². The summed E-state index contributed by atoms with van der Waals surface area (Å²) >= 11 is 1.66. The Bertz CT molecular complexity index is 285. The van der Waals surface area contributed by atoms with E-state index in [4.69, 9.17) is 4.74 Å². The van der Waals surface area contributed by atoms with E-state index in [0.717, 1.165) is 13.0 Å². The van der Waals surface area contributed by atoms with Gasteiger partial charge in [-0.05, 0) is 28.8 Å². The zero-order valence-electron chi connectivity index (χ0n) is 9.23. The summed E-state index contributed by atoms with van der Waals surface area (Å²) in [6.45, 7) is 3.72. The molecule has 0 unspecified atom stereocenters. The summed E-state index contributed by atoms with van der Waals surface area (Å²) in [5.74, 6) is 0.0607. The minimum atomic E-state index is 0.0607. The topological polar surface area (TPSA) is 29.5 Å². The number of ether oxygens (including phenoxy) is 1. The van der Waals surface area contributed by atoms with Crippen molar-refractivity contribution in [3.63, 3.8) is 0 Å². The molecule has 4 heteroatoms. The summed E-state index contributed by atoms with van der Waals surface area (Å²) in [7, 11) is 1.55. The lowest BCUT2D eigenvalue weighted by Crippen LogP contribution is -2.33. The third-order valence-corrected chi connectivity index (χ3v) is 2.80. The second-order valence-electron chi connectivity index (χ2n) is 3.38. The normalized spacial score (nSPS) is 10.3. The van der Waals surface area contributed by atoms with E-state index >= 15 is 0 Å². The molecule has 1 amide bonds. The number of methoxy groups -OCH3 is 1. The van der Waals surface area contributed by atoms with E-state index in [-0.39, 0.29) is 12.5 Å². The van der Waals surface area contributed by atoms with Gasteiger partial charge in [-0.15, -0.1) is 0 Å². The van der Waals surface area contributed by atoms with Gasteiger partial charge in [0.2, 0.25) is 5.91 Å². The first kappa shape index (κ1) is 12.2. The molecule has 0 saturated carbocycles. The van der Waals surface area contributed by atoms with Crippen molar-refractivity contribution in [2.24, 2.45) is 0 Å². The highest BCUT2D eigenvalue weighted by Gasteiger charge is 2.12. The third kappa shape index (κ3) is 4.01. The molecular weight excluding hydrogens is 210 g/mol. The van der Waals surface area contributed by atoms with E-state index in [0.29, 0.717) is 6.54 Å². The van der Waals surface area contributed by atoms with E-state index < -0.39 is 0 Å². The lowest BCUT2D eigenvalue weighted by atomic mass is 10.3. The van der Waals surface area contributed by atoms with Crippen molar-refractivity contribution in [1.82, 2.24) is 4.90 Å². The smallest absolute Gasteiger partial charge is 0.248 e. The first-order valence-electron chi connectivity index (χ1n) is 5.05. The standard InChI is InChI=1S/C11H17NO2S/c1-3-5-12(11(13)8-14-2)7-10-4-6-15-9-10/h4,6,9H,3,5,7-8H2,1-2H3. The van der Waals surface area contributed by atoms with Gasteiger partial charge in [0, 0.05) is 20.2 Å². The minimum absolute atomic E-state index is 0.0607. The summed E-state index contributed by atoms with van der Waals surface area (Å²) in [4.78, 5) is 13.5. The molecule has 0 atom stereocenters. The summed E-state index contributed by atoms with van der Waals surface area (Å²) in [5.41, 5.74) is 1.19. The molecular formula is C11H17NO2S. The molecule has 15 heavy (non-hydrogen) atoms. The number of hydrogen-bond acceptors (Lipinski definition) is 3. The van der Waals surface area contributed by atoms with Crippen LogP contribution in [0.1, 0.15) is 18.9 Å². The quantitative estimate of drug-likeness (QED) is 0.745. The van der Waals surface area contributed by atoms with E-state index in [9.17, 15) is 4.79 Å². The molecule has 0 bridgehead atoms. The molecule has 0 spiro atoms. The molecule has 0 radical (unpaired) electrons. The van der Waals surface area contributed by atoms with E-state index in [1.54, 1.807) is 18.4 Å². The Morgan fingerprint density at radius 2 is 2.40 bits per heavy atom. The highest BCUT2D eigenvalue weighted by molar-refractivity contribution is 7.07. The van der Waals surface area contributed by atoms with Crippen LogP contribution >= 0.6 is 11.3 Å². The maximum Gasteiger partial charge on any atom is 0.248 e. The Balaban J connectivity index is 2.53. The Hall–Kier alpha value is -0.870. The van der Waals surface area contributed by atoms with Crippen molar-refractivity contribution < 1.29 is 9.53 Å². The molecule has 0 aliphatic carbocycles. The number of amides is 1. The highest BCUT2D eigenvalue weighted by Crippen LogP contribution is 2.10. The number of thiophene rings is 1. The van der Waals surface area contributed by atoms with Crippen molar-refractivity contribution in [2.75, 3.05) is 20.3 Å². The fourth-order valence-electron chi connectivity index (χ4n) is 1.38. The predicted octanol–water partition coefficient (Wildman–Crippen LogP) is 2.13. The Morgan fingerprint density at radius 3 is 2.93 bits per heavy atom. The molecule has 1 aromatic rings. The average Bonchev–Trinajstić information content (AvgIpc) is 2.70. The number of nitrogens with zero attached hydrogens (tertiary/aromatic N) is 1. The fourth-order valence-corrected chi connectivity index (χ4v) is 2.04.